The zero-order valence-corrected chi connectivity index (χ0v) is 16.5. The van der Waals surface area contributed by atoms with Crippen molar-refractivity contribution in [1.82, 2.24) is 21.3 Å². The van der Waals surface area contributed by atoms with Crippen LogP contribution in [0, 0.1) is 0 Å². The number of rotatable bonds is 17. The van der Waals surface area contributed by atoms with Crippen molar-refractivity contribution < 1.29 is 0 Å². The van der Waals surface area contributed by atoms with E-state index < -0.39 is 0 Å². The summed E-state index contributed by atoms with van der Waals surface area (Å²) >= 11 is 0. The summed E-state index contributed by atoms with van der Waals surface area (Å²) in [4.78, 5) is 0. The molecule has 0 aromatic heterocycles. The highest BCUT2D eigenvalue weighted by molar-refractivity contribution is 4.66. The lowest BCUT2D eigenvalue weighted by molar-refractivity contribution is 0.449. The lowest BCUT2D eigenvalue weighted by atomic mass is 10.2. The van der Waals surface area contributed by atoms with Gasteiger partial charge in [0, 0.05) is 18.1 Å². The summed E-state index contributed by atoms with van der Waals surface area (Å²) in [7, 11) is 0. The van der Waals surface area contributed by atoms with Crippen LogP contribution in [0.3, 0.4) is 0 Å². The molecule has 0 saturated carbocycles. The first-order chi connectivity index (χ1) is 11.1. The molecule has 0 aliphatic rings. The molecule has 4 nitrogen and oxygen atoms in total. The summed E-state index contributed by atoms with van der Waals surface area (Å²) in [6.45, 7) is 16.9. The molecule has 0 aliphatic carbocycles. The molecule has 0 saturated heterocycles. The van der Waals surface area contributed by atoms with E-state index in [2.05, 4.69) is 55.9 Å². The average molecular weight is 329 g/mol. The van der Waals surface area contributed by atoms with Gasteiger partial charge >= 0.3 is 0 Å². The highest BCUT2D eigenvalue weighted by atomic mass is 14.9. The molecule has 2 unspecified atom stereocenters. The summed E-state index contributed by atoms with van der Waals surface area (Å²) in [6, 6.07) is 1.82. The molecule has 0 heterocycles. The monoisotopic (exact) mass is 328 g/mol. The maximum Gasteiger partial charge on any atom is 0.00531 e. The Labute approximate surface area is 146 Å². The Morgan fingerprint density at radius 1 is 0.652 bits per heavy atom. The van der Waals surface area contributed by atoms with Gasteiger partial charge in [-0.2, -0.15) is 0 Å². The van der Waals surface area contributed by atoms with Crippen molar-refractivity contribution in [3.63, 3.8) is 0 Å². The number of hydrogen-bond donors (Lipinski definition) is 4. The molecule has 140 valence electrons. The van der Waals surface area contributed by atoms with Crippen LogP contribution < -0.4 is 21.3 Å². The smallest absolute Gasteiger partial charge is 0.00531 e. The molecule has 0 aliphatic heterocycles. The van der Waals surface area contributed by atoms with Gasteiger partial charge in [0.2, 0.25) is 0 Å². The van der Waals surface area contributed by atoms with Crippen molar-refractivity contribution >= 4 is 0 Å². The van der Waals surface area contributed by atoms with E-state index in [1.54, 1.807) is 0 Å². The topological polar surface area (TPSA) is 48.1 Å². The van der Waals surface area contributed by atoms with E-state index in [-0.39, 0.29) is 0 Å². The zero-order valence-electron chi connectivity index (χ0n) is 16.5. The van der Waals surface area contributed by atoms with Crippen LogP contribution in [0.5, 0.6) is 0 Å². The third-order valence-corrected chi connectivity index (χ3v) is 4.11. The maximum absolute atomic E-state index is 3.60. The first kappa shape index (κ1) is 22.8. The van der Waals surface area contributed by atoms with Crippen LogP contribution >= 0.6 is 0 Å². The van der Waals surface area contributed by atoms with Gasteiger partial charge in [-0.05, 0) is 72.3 Å². The molecular formula is C19H44N4. The first-order valence-corrected chi connectivity index (χ1v) is 9.97. The fourth-order valence-electron chi connectivity index (χ4n) is 2.70. The lowest BCUT2D eigenvalue weighted by Crippen LogP contribution is -2.35. The quantitative estimate of drug-likeness (QED) is 0.310. The van der Waals surface area contributed by atoms with Crippen LogP contribution in [0.15, 0.2) is 0 Å². The van der Waals surface area contributed by atoms with Crippen molar-refractivity contribution in [3.05, 3.63) is 0 Å². The van der Waals surface area contributed by atoms with E-state index in [1.807, 2.05) is 0 Å². The van der Waals surface area contributed by atoms with Crippen LogP contribution in [-0.4, -0.2) is 50.8 Å². The van der Waals surface area contributed by atoms with Gasteiger partial charge in [-0.25, -0.2) is 0 Å². The van der Waals surface area contributed by atoms with E-state index in [0.717, 1.165) is 26.2 Å². The molecule has 0 amide bonds. The van der Waals surface area contributed by atoms with Crippen molar-refractivity contribution in [2.24, 2.45) is 0 Å². The molecule has 0 radical (unpaired) electrons. The Balaban J connectivity index is 3.21. The van der Waals surface area contributed by atoms with E-state index in [9.17, 15) is 0 Å². The Bertz CT molecular complexity index is 233. The second kappa shape index (κ2) is 16.7. The normalized spacial score (nSPS) is 14.3. The molecule has 0 fully saturated rings. The molecule has 0 bridgehead atoms. The summed E-state index contributed by atoms with van der Waals surface area (Å²) in [5.41, 5.74) is 0. The molecule has 23 heavy (non-hydrogen) atoms. The zero-order chi connectivity index (χ0) is 17.3. The molecule has 0 rings (SSSR count). The van der Waals surface area contributed by atoms with E-state index in [4.69, 9.17) is 0 Å². The molecular weight excluding hydrogens is 284 g/mol. The summed E-state index contributed by atoms with van der Waals surface area (Å²) in [5, 5.41) is 14.2. The Morgan fingerprint density at radius 3 is 1.83 bits per heavy atom. The standard InChI is InChI=1S/C19H44N4/c1-6-7-8-14-22-18(4)10-15-20-12-9-13-21-16-11-19(5)23-17(2)3/h17-23H,6-16H2,1-5H3. The van der Waals surface area contributed by atoms with Gasteiger partial charge in [0.05, 0.1) is 0 Å². The fraction of sp³-hybridized carbons (Fsp3) is 1.00. The van der Waals surface area contributed by atoms with Crippen LogP contribution in [0.1, 0.15) is 73.1 Å². The van der Waals surface area contributed by atoms with Crippen LogP contribution in [-0.2, 0) is 0 Å². The van der Waals surface area contributed by atoms with E-state index in [0.29, 0.717) is 18.1 Å². The lowest BCUT2D eigenvalue weighted by Gasteiger charge is -2.17. The Morgan fingerprint density at radius 2 is 1.26 bits per heavy atom. The average Bonchev–Trinajstić information content (AvgIpc) is 2.49. The number of unbranched alkanes of at least 4 members (excludes halogenated alkanes) is 2. The van der Waals surface area contributed by atoms with Crippen molar-refractivity contribution in [1.29, 1.82) is 0 Å². The summed E-state index contributed by atoms with van der Waals surface area (Å²) in [5.74, 6) is 0. The molecule has 2 atom stereocenters. The van der Waals surface area contributed by atoms with Crippen LogP contribution in [0.25, 0.3) is 0 Å². The van der Waals surface area contributed by atoms with E-state index in [1.165, 1.54) is 45.1 Å². The largest absolute Gasteiger partial charge is 0.317 e. The van der Waals surface area contributed by atoms with Gasteiger partial charge in [0.25, 0.3) is 0 Å². The molecule has 0 aromatic carbocycles. The third kappa shape index (κ3) is 18.0. The summed E-state index contributed by atoms with van der Waals surface area (Å²) in [6.07, 6.45) is 7.59. The van der Waals surface area contributed by atoms with Crippen LogP contribution in [0.2, 0.25) is 0 Å². The molecule has 4 N–H and O–H groups in total. The van der Waals surface area contributed by atoms with Gasteiger partial charge < -0.3 is 21.3 Å². The van der Waals surface area contributed by atoms with Gasteiger partial charge in [0.1, 0.15) is 0 Å². The SMILES string of the molecule is CCCCCNC(C)CCNCCCNCCC(C)NC(C)C. The fourth-order valence-corrected chi connectivity index (χ4v) is 2.70. The first-order valence-electron chi connectivity index (χ1n) is 9.97. The van der Waals surface area contributed by atoms with Crippen molar-refractivity contribution in [2.75, 3.05) is 32.7 Å². The van der Waals surface area contributed by atoms with Crippen molar-refractivity contribution in [2.45, 2.75) is 91.3 Å². The van der Waals surface area contributed by atoms with E-state index >= 15 is 0 Å². The highest BCUT2D eigenvalue weighted by Gasteiger charge is 2.02. The summed E-state index contributed by atoms with van der Waals surface area (Å²) < 4.78 is 0. The second-order valence-corrected chi connectivity index (χ2v) is 7.22. The molecule has 0 aromatic rings. The second-order valence-electron chi connectivity index (χ2n) is 7.22. The molecule has 0 spiro atoms. The Kier molecular flexibility index (Phi) is 16.6. The predicted molar refractivity (Wildman–Crippen MR) is 104 cm³/mol. The minimum atomic E-state index is 0.581. The molecule has 4 heteroatoms. The van der Waals surface area contributed by atoms with Crippen molar-refractivity contribution in [3.8, 4) is 0 Å². The van der Waals surface area contributed by atoms with Gasteiger partial charge in [-0.15, -0.1) is 0 Å². The van der Waals surface area contributed by atoms with Gasteiger partial charge in [-0.1, -0.05) is 33.6 Å². The predicted octanol–water partition coefficient (Wildman–Crippen LogP) is 2.89. The van der Waals surface area contributed by atoms with Gasteiger partial charge in [0.15, 0.2) is 0 Å². The van der Waals surface area contributed by atoms with Gasteiger partial charge in [-0.3, -0.25) is 0 Å². The third-order valence-electron chi connectivity index (χ3n) is 4.11. The number of hydrogen-bond acceptors (Lipinski definition) is 4. The Hall–Kier alpha value is -0.160. The minimum absolute atomic E-state index is 0.581. The minimum Gasteiger partial charge on any atom is -0.317 e. The number of nitrogens with one attached hydrogen (secondary N) is 4. The highest BCUT2D eigenvalue weighted by Crippen LogP contribution is 1.94. The van der Waals surface area contributed by atoms with Crippen LogP contribution in [0.4, 0.5) is 0 Å². The maximum atomic E-state index is 3.60.